The summed E-state index contributed by atoms with van der Waals surface area (Å²) in [5.41, 5.74) is 0.461. The number of hydrogen-bond acceptors (Lipinski definition) is 2. The van der Waals surface area contributed by atoms with Gasteiger partial charge in [0.2, 0.25) is 0 Å². The predicted octanol–water partition coefficient (Wildman–Crippen LogP) is 3.36. The van der Waals surface area contributed by atoms with E-state index < -0.39 is 0 Å². The maximum absolute atomic E-state index is 13.1. The molecule has 96 valence electrons. The summed E-state index contributed by atoms with van der Waals surface area (Å²) in [5.74, 6) is -0.267. The molecule has 1 spiro atoms. The van der Waals surface area contributed by atoms with Crippen molar-refractivity contribution in [3.8, 4) is 0 Å². The minimum absolute atomic E-state index is 0.000787. The van der Waals surface area contributed by atoms with Gasteiger partial charge in [0.15, 0.2) is 5.78 Å². The van der Waals surface area contributed by atoms with Crippen molar-refractivity contribution in [3.05, 3.63) is 35.6 Å². The van der Waals surface area contributed by atoms with Gasteiger partial charge in [-0.25, -0.2) is 4.39 Å². The summed E-state index contributed by atoms with van der Waals surface area (Å²) < 4.78 is 19.0. The van der Waals surface area contributed by atoms with Crippen molar-refractivity contribution in [2.75, 3.05) is 6.61 Å². The second-order valence-corrected chi connectivity index (χ2v) is 5.45. The van der Waals surface area contributed by atoms with Crippen molar-refractivity contribution < 1.29 is 13.9 Å². The first-order valence-corrected chi connectivity index (χ1v) is 6.62. The first kappa shape index (κ1) is 11.8. The molecule has 0 N–H and O–H groups in total. The molecule has 1 saturated carbocycles. The summed E-state index contributed by atoms with van der Waals surface area (Å²) in [5, 5.41) is 0. The Morgan fingerprint density at radius 2 is 2.22 bits per heavy atom. The van der Waals surface area contributed by atoms with E-state index >= 15 is 0 Å². The summed E-state index contributed by atoms with van der Waals surface area (Å²) in [6.07, 6.45) is 4.90. The maximum Gasteiger partial charge on any atom is 0.166 e. The van der Waals surface area contributed by atoms with Crippen molar-refractivity contribution in [1.29, 1.82) is 0 Å². The third-order valence-corrected chi connectivity index (χ3v) is 4.24. The predicted molar refractivity (Wildman–Crippen MR) is 66.0 cm³/mol. The van der Waals surface area contributed by atoms with Gasteiger partial charge in [-0.05, 0) is 44.2 Å². The lowest BCUT2D eigenvalue weighted by atomic mass is 9.70. The normalized spacial score (nSPS) is 25.7. The van der Waals surface area contributed by atoms with E-state index in [9.17, 15) is 9.18 Å². The number of ketones is 1. The van der Waals surface area contributed by atoms with Gasteiger partial charge in [-0.1, -0.05) is 12.1 Å². The van der Waals surface area contributed by atoms with Crippen molar-refractivity contribution in [3.63, 3.8) is 0 Å². The van der Waals surface area contributed by atoms with Gasteiger partial charge in [0.25, 0.3) is 0 Å². The molecule has 3 rings (SSSR count). The second-order valence-electron chi connectivity index (χ2n) is 5.45. The van der Waals surface area contributed by atoms with E-state index in [1.165, 1.54) is 18.6 Å². The molecule has 1 unspecified atom stereocenters. The van der Waals surface area contributed by atoms with Crippen LogP contribution in [0, 0.1) is 11.7 Å². The van der Waals surface area contributed by atoms with Crippen LogP contribution in [-0.4, -0.2) is 18.0 Å². The van der Waals surface area contributed by atoms with Crippen LogP contribution in [0.5, 0.6) is 0 Å². The van der Waals surface area contributed by atoms with E-state index in [1.54, 1.807) is 12.1 Å². The maximum atomic E-state index is 13.1. The summed E-state index contributed by atoms with van der Waals surface area (Å²) in [7, 11) is 0. The molecular formula is C15H17FO2. The quantitative estimate of drug-likeness (QED) is 0.750. The number of ether oxygens (including phenoxy) is 1. The molecule has 0 aromatic heterocycles. The fourth-order valence-corrected chi connectivity index (χ4v) is 3.05. The lowest BCUT2D eigenvalue weighted by Crippen LogP contribution is -2.47. The van der Waals surface area contributed by atoms with Crippen molar-refractivity contribution in [1.82, 2.24) is 0 Å². The number of Topliss-reactive ketones (excluding diaryl/α,β-unsaturated/α-hetero) is 1. The van der Waals surface area contributed by atoms with Gasteiger partial charge >= 0.3 is 0 Å². The van der Waals surface area contributed by atoms with Gasteiger partial charge in [-0.2, -0.15) is 0 Å². The fourth-order valence-electron chi connectivity index (χ4n) is 3.05. The van der Waals surface area contributed by atoms with Crippen LogP contribution in [0.15, 0.2) is 24.3 Å². The van der Waals surface area contributed by atoms with Gasteiger partial charge < -0.3 is 4.74 Å². The van der Waals surface area contributed by atoms with Crippen LogP contribution < -0.4 is 0 Å². The first-order valence-electron chi connectivity index (χ1n) is 6.62. The topological polar surface area (TPSA) is 26.3 Å². The molecule has 1 aromatic carbocycles. The molecule has 1 aliphatic carbocycles. The van der Waals surface area contributed by atoms with E-state index in [0.717, 1.165) is 25.7 Å². The molecule has 1 aliphatic heterocycles. The van der Waals surface area contributed by atoms with Crippen molar-refractivity contribution in [2.24, 2.45) is 5.92 Å². The Morgan fingerprint density at radius 1 is 1.39 bits per heavy atom. The highest BCUT2D eigenvalue weighted by Crippen LogP contribution is 2.44. The highest BCUT2D eigenvalue weighted by molar-refractivity contribution is 5.97. The van der Waals surface area contributed by atoms with Crippen LogP contribution in [0.3, 0.4) is 0 Å². The smallest absolute Gasteiger partial charge is 0.166 e. The molecular weight excluding hydrogens is 231 g/mol. The van der Waals surface area contributed by atoms with Crippen LogP contribution in [0.25, 0.3) is 0 Å². The Labute approximate surface area is 106 Å². The first-order chi connectivity index (χ1) is 8.69. The Balaban J connectivity index is 1.76. The van der Waals surface area contributed by atoms with E-state index in [4.69, 9.17) is 4.74 Å². The van der Waals surface area contributed by atoms with E-state index in [0.29, 0.717) is 12.2 Å². The summed E-state index contributed by atoms with van der Waals surface area (Å²) in [4.78, 5) is 12.4. The van der Waals surface area contributed by atoms with E-state index in [-0.39, 0.29) is 23.1 Å². The fraction of sp³-hybridized carbons (Fsp3) is 0.533. The molecule has 1 aromatic rings. The van der Waals surface area contributed by atoms with Gasteiger partial charge in [0.1, 0.15) is 5.82 Å². The average Bonchev–Trinajstić information content (AvgIpc) is 2.36. The monoisotopic (exact) mass is 248 g/mol. The van der Waals surface area contributed by atoms with Gasteiger partial charge in [0.05, 0.1) is 5.60 Å². The Bertz CT molecular complexity index is 465. The molecule has 3 heteroatoms. The van der Waals surface area contributed by atoms with Crippen molar-refractivity contribution in [2.45, 2.75) is 37.7 Å². The highest BCUT2D eigenvalue weighted by Gasteiger charge is 2.44. The summed E-state index contributed by atoms with van der Waals surface area (Å²) >= 11 is 0. The van der Waals surface area contributed by atoms with Gasteiger partial charge in [0, 0.05) is 18.1 Å². The molecule has 2 nitrogen and oxygen atoms in total. The SMILES string of the molecule is O=C(c1cccc(F)c1)C1CCOC2(CCC2)C1. The zero-order valence-corrected chi connectivity index (χ0v) is 10.3. The molecule has 0 radical (unpaired) electrons. The number of rotatable bonds is 2. The highest BCUT2D eigenvalue weighted by atomic mass is 19.1. The number of carbonyl (C=O) groups excluding carboxylic acids is 1. The minimum Gasteiger partial charge on any atom is -0.375 e. The van der Waals surface area contributed by atoms with Crippen LogP contribution >= 0.6 is 0 Å². The third kappa shape index (κ3) is 2.07. The molecule has 1 heterocycles. The number of hydrogen-bond donors (Lipinski definition) is 0. The minimum atomic E-state index is -0.341. The second kappa shape index (κ2) is 4.47. The lowest BCUT2D eigenvalue weighted by Gasteiger charge is -2.46. The molecule has 2 fully saturated rings. The third-order valence-electron chi connectivity index (χ3n) is 4.24. The van der Waals surface area contributed by atoms with Crippen LogP contribution in [0.1, 0.15) is 42.5 Å². The lowest BCUT2D eigenvalue weighted by molar-refractivity contribution is -0.137. The molecule has 0 bridgehead atoms. The molecule has 1 saturated heterocycles. The molecule has 2 aliphatic rings. The van der Waals surface area contributed by atoms with E-state index in [2.05, 4.69) is 0 Å². The molecule has 1 atom stereocenters. The van der Waals surface area contributed by atoms with Gasteiger partial charge in [-0.15, -0.1) is 0 Å². The Hall–Kier alpha value is -1.22. The largest absolute Gasteiger partial charge is 0.375 e. The van der Waals surface area contributed by atoms with Crippen molar-refractivity contribution >= 4 is 5.78 Å². The average molecular weight is 248 g/mol. The zero-order valence-electron chi connectivity index (χ0n) is 10.3. The molecule has 0 amide bonds. The summed E-state index contributed by atoms with van der Waals surface area (Å²) in [6.45, 7) is 0.658. The van der Waals surface area contributed by atoms with Crippen LogP contribution in [0.4, 0.5) is 4.39 Å². The zero-order chi connectivity index (χ0) is 12.6. The number of benzene rings is 1. The van der Waals surface area contributed by atoms with Crippen LogP contribution in [0.2, 0.25) is 0 Å². The van der Waals surface area contributed by atoms with Crippen LogP contribution in [-0.2, 0) is 4.74 Å². The Morgan fingerprint density at radius 3 is 2.89 bits per heavy atom. The number of carbonyl (C=O) groups is 1. The van der Waals surface area contributed by atoms with E-state index in [1.807, 2.05) is 0 Å². The molecule has 18 heavy (non-hydrogen) atoms. The van der Waals surface area contributed by atoms with Gasteiger partial charge in [-0.3, -0.25) is 4.79 Å². The standard InChI is InChI=1S/C15H17FO2/c16-13-4-1-3-11(9-13)14(17)12-5-8-18-15(10-12)6-2-7-15/h1,3-4,9,12H,2,5-8,10H2. The summed E-state index contributed by atoms with van der Waals surface area (Å²) in [6, 6.07) is 6.01. The number of halogens is 1. The Kier molecular flexibility index (Phi) is 2.94.